The van der Waals surface area contributed by atoms with Crippen LogP contribution >= 0.6 is 0 Å². The molecule has 0 saturated carbocycles. The lowest BCUT2D eigenvalue weighted by atomic mass is 10.1. The van der Waals surface area contributed by atoms with Crippen LogP contribution in [0.4, 0.5) is 5.69 Å². The maximum atomic E-state index is 8.87. The normalized spacial score (nSPS) is 12.1. The number of rotatable bonds is 5. The predicted octanol–water partition coefficient (Wildman–Crippen LogP) is 3.39. The molecule has 0 fully saturated rings. The van der Waals surface area contributed by atoms with Crippen LogP contribution in [0.3, 0.4) is 0 Å². The first-order valence-electron chi connectivity index (χ1n) is 6.31. The molecule has 0 aliphatic carbocycles. The Balaban J connectivity index is 2.01. The van der Waals surface area contributed by atoms with E-state index in [9.17, 15) is 0 Å². The highest BCUT2D eigenvalue weighted by Gasteiger charge is 2.04. The zero-order valence-electron chi connectivity index (χ0n) is 10.6. The van der Waals surface area contributed by atoms with Crippen LogP contribution in [-0.4, -0.2) is 11.7 Å². The van der Waals surface area contributed by atoms with Gasteiger partial charge in [0.2, 0.25) is 0 Å². The van der Waals surface area contributed by atoms with Crippen molar-refractivity contribution in [1.29, 1.82) is 0 Å². The van der Waals surface area contributed by atoms with E-state index in [4.69, 9.17) is 5.11 Å². The third kappa shape index (κ3) is 3.34. The number of hydrogen-bond acceptors (Lipinski definition) is 2. The van der Waals surface area contributed by atoms with E-state index in [-0.39, 0.29) is 12.6 Å². The van der Waals surface area contributed by atoms with Crippen molar-refractivity contribution in [3.8, 4) is 0 Å². The summed E-state index contributed by atoms with van der Waals surface area (Å²) >= 11 is 0. The Hall–Kier alpha value is -1.80. The Morgan fingerprint density at radius 2 is 1.67 bits per heavy atom. The van der Waals surface area contributed by atoms with E-state index in [0.717, 1.165) is 11.3 Å². The van der Waals surface area contributed by atoms with Crippen LogP contribution in [0.15, 0.2) is 54.6 Å². The van der Waals surface area contributed by atoms with Crippen LogP contribution < -0.4 is 5.32 Å². The summed E-state index contributed by atoms with van der Waals surface area (Å²) in [6.07, 6.45) is 0.717. The fourth-order valence-corrected chi connectivity index (χ4v) is 1.97. The van der Waals surface area contributed by atoms with Crippen molar-refractivity contribution in [2.75, 3.05) is 11.9 Å². The third-order valence-electron chi connectivity index (χ3n) is 3.04. The van der Waals surface area contributed by atoms with Gasteiger partial charge in [-0.3, -0.25) is 0 Å². The number of aliphatic hydroxyl groups is 1. The molecule has 18 heavy (non-hydrogen) atoms. The molecule has 0 bridgehead atoms. The van der Waals surface area contributed by atoms with E-state index in [1.54, 1.807) is 0 Å². The second kappa shape index (κ2) is 6.22. The molecule has 2 aromatic carbocycles. The molecule has 2 aromatic rings. The van der Waals surface area contributed by atoms with Crippen LogP contribution in [0.25, 0.3) is 0 Å². The van der Waals surface area contributed by atoms with Gasteiger partial charge in [-0.05, 0) is 36.6 Å². The van der Waals surface area contributed by atoms with Crippen molar-refractivity contribution >= 4 is 5.69 Å². The van der Waals surface area contributed by atoms with Crippen LogP contribution in [0.5, 0.6) is 0 Å². The highest BCUT2D eigenvalue weighted by molar-refractivity contribution is 5.46. The lowest BCUT2D eigenvalue weighted by molar-refractivity contribution is 0.299. The van der Waals surface area contributed by atoms with Crippen molar-refractivity contribution in [2.45, 2.75) is 19.4 Å². The summed E-state index contributed by atoms with van der Waals surface area (Å²) in [4.78, 5) is 0. The fourth-order valence-electron chi connectivity index (χ4n) is 1.97. The van der Waals surface area contributed by atoms with Crippen LogP contribution in [0.2, 0.25) is 0 Å². The van der Waals surface area contributed by atoms with Crippen molar-refractivity contribution in [2.24, 2.45) is 0 Å². The predicted molar refractivity (Wildman–Crippen MR) is 75.7 cm³/mol. The molecule has 0 spiro atoms. The molecule has 0 heterocycles. The first-order valence-corrected chi connectivity index (χ1v) is 6.31. The van der Waals surface area contributed by atoms with E-state index in [1.165, 1.54) is 5.56 Å². The zero-order chi connectivity index (χ0) is 12.8. The maximum absolute atomic E-state index is 8.87. The van der Waals surface area contributed by atoms with Crippen molar-refractivity contribution in [3.05, 3.63) is 65.7 Å². The van der Waals surface area contributed by atoms with Gasteiger partial charge >= 0.3 is 0 Å². The summed E-state index contributed by atoms with van der Waals surface area (Å²) in [6.45, 7) is 2.35. The average molecular weight is 241 g/mol. The maximum Gasteiger partial charge on any atom is 0.0485 e. The second-order valence-corrected chi connectivity index (χ2v) is 4.45. The molecule has 0 saturated heterocycles. The number of nitrogens with one attached hydrogen (secondary N) is 1. The molecular weight excluding hydrogens is 222 g/mol. The number of benzene rings is 2. The minimum absolute atomic E-state index is 0.202. The minimum atomic E-state index is 0.202. The smallest absolute Gasteiger partial charge is 0.0485 e. The number of aliphatic hydroxyl groups excluding tert-OH is 1. The molecule has 0 aromatic heterocycles. The lowest BCUT2D eigenvalue weighted by Crippen LogP contribution is -2.06. The van der Waals surface area contributed by atoms with Gasteiger partial charge < -0.3 is 10.4 Å². The highest BCUT2D eigenvalue weighted by atomic mass is 16.2. The first-order chi connectivity index (χ1) is 8.79. The average Bonchev–Trinajstić information content (AvgIpc) is 2.42. The molecule has 0 amide bonds. The second-order valence-electron chi connectivity index (χ2n) is 4.45. The monoisotopic (exact) mass is 241 g/mol. The van der Waals surface area contributed by atoms with Gasteiger partial charge in [-0.1, -0.05) is 42.5 Å². The van der Waals surface area contributed by atoms with Crippen LogP contribution in [0.1, 0.15) is 24.1 Å². The van der Waals surface area contributed by atoms with E-state index >= 15 is 0 Å². The molecule has 1 atom stereocenters. The highest BCUT2D eigenvalue weighted by Crippen LogP contribution is 2.19. The lowest BCUT2D eigenvalue weighted by Gasteiger charge is -2.15. The molecule has 1 unspecified atom stereocenters. The summed E-state index contributed by atoms with van der Waals surface area (Å²) in [6, 6.07) is 18.9. The summed E-state index contributed by atoms with van der Waals surface area (Å²) < 4.78 is 0. The Morgan fingerprint density at radius 3 is 2.28 bits per heavy atom. The van der Waals surface area contributed by atoms with Gasteiger partial charge in [-0.15, -0.1) is 0 Å². The van der Waals surface area contributed by atoms with E-state index in [2.05, 4.69) is 60.8 Å². The Labute approximate surface area is 108 Å². The third-order valence-corrected chi connectivity index (χ3v) is 3.04. The summed E-state index contributed by atoms with van der Waals surface area (Å²) in [7, 11) is 0. The molecule has 94 valence electrons. The van der Waals surface area contributed by atoms with Gasteiger partial charge in [0.1, 0.15) is 0 Å². The van der Waals surface area contributed by atoms with Gasteiger partial charge in [-0.2, -0.15) is 0 Å². The van der Waals surface area contributed by atoms with Crippen molar-refractivity contribution in [3.63, 3.8) is 0 Å². The van der Waals surface area contributed by atoms with E-state index < -0.39 is 0 Å². The summed E-state index contributed by atoms with van der Waals surface area (Å²) in [5.41, 5.74) is 3.54. The molecule has 0 aliphatic heterocycles. The van der Waals surface area contributed by atoms with Crippen LogP contribution in [0, 0.1) is 0 Å². The SMILES string of the molecule is CC(Nc1ccc(CCO)cc1)c1ccccc1. The molecule has 2 rings (SSSR count). The van der Waals surface area contributed by atoms with Crippen LogP contribution in [-0.2, 0) is 6.42 Å². The fraction of sp³-hybridized carbons (Fsp3) is 0.250. The van der Waals surface area contributed by atoms with Gasteiger partial charge in [0, 0.05) is 18.3 Å². The summed E-state index contributed by atoms with van der Waals surface area (Å²) in [5, 5.41) is 12.3. The Bertz CT molecular complexity index is 464. The minimum Gasteiger partial charge on any atom is -0.396 e. The zero-order valence-corrected chi connectivity index (χ0v) is 10.6. The first kappa shape index (κ1) is 12.7. The molecular formula is C16H19NO. The van der Waals surface area contributed by atoms with Gasteiger partial charge in [-0.25, -0.2) is 0 Å². The van der Waals surface area contributed by atoms with Gasteiger partial charge in [0.15, 0.2) is 0 Å². The van der Waals surface area contributed by atoms with E-state index in [0.29, 0.717) is 6.42 Å². The van der Waals surface area contributed by atoms with Crippen molar-refractivity contribution < 1.29 is 5.11 Å². The topological polar surface area (TPSA) is 32.3 Å². The summed E-state index contributed by atoms with van der Waals surface area (Å²) in [5.74, 6) is 0. The molecule has 0 aliphatic rings. The van der Waals surface area contributed by atoms with Gasteiger partial charge in [0.25, 0.3) is 0 Å². The van der Waals surface area contributed by atoms with Gasteiger partial charge in [0.05, 0.1) is 0 Å². The molecule has 2 nitrogen and oxygen atoms in total. The number of hydrogen-bond donors (Lipinski definition) is 2. The standard InChI is InChI=1S/C16H19NO/c1-13(15-5-3-2-4-6-15)17-16-9-7-14(8-10-16)11-12-18/h2-10,13,17-18H,11-12H2,1H3. The molecule has 2 N–H and O–H groups in total. The van der Waals surface area contributed by atoms with Crippen molar-refractivity contribution in [1.82, 2.24) is 0 Å². The number of anilines is 1. The quantitative estimate of drug-likeness (QED) is 0.841. The molecule has 0 radical (unpaired) electrons. The Morgan fingerprint density at radius 1 is 1.00 bits per heavy atom. The van der Waals surface area contributed by atoms with E-state index in [1.807, 2.05) is 6.07 Å². The Kier molecular flexibility index (Phi) is 4.37. The largest absolute Gasteiger partial charge is 0.396 e. The molecule has 2 heteroatoms.